The van der Waals surface area contributed by atoms with Crippen LogP contribution in [0, 0.1) is 13.8 Å². The third kappa shape index (κ3) is 5.75. The molecule has 25 heavy (non-hydrogen) atoms. The Labute approximate surface area is 149 Å². The van der Waals surface area contributed by atoms with Gasteiger partial charge in [0.15, 0.2) is 0 Å². The summed E-state index contributed by atoms with van der Waals surface area (Å²) in [4.78, 5) is 18.7. The van der Waals surface area contributed by atoms with Crippen LogP contribution in [-0.4, -0.2) is 22.2 Å². The molecule has 2 aromatic rings. The van der Waals surface area contributed by atoms with Crippen LogP contribution in [0.3, 0.4) is 0 Å². The van der Waals surface area contributed by atoms with Crippen molar-refractivity contribution < 1.29 is 19.8 Å². The molecular formula is C21H26O4. The minimum atomic E-state index is -0.745. The van der Waals surface area contributed by atoms with Crippen LogP contribution in [0.15, 0.2) is 36.4 Å². The molecule has 0 spiro atoms. The number of hydrogen-bond donors (Lipinski definition) is 2. The van der Waals surface area contributed by atoms with Crippen LogP contribution >= 0.6 is 0 Å². The second-order valence-corrected chi connectivity index (χ2v) is 5.86. The van der Waals surface area contributed by atoms with Crippen LogP contribution in [0.1, 0.15) is 48.9 Å². The Balaban J connectivity index is 0.000000262. The van der Waals surface area contributed by atoms with Gasteiger partial charge >= 0.3 is 11.9 Å². The fourth-order valence-electron chi connectivity index (χ4n) is 2.48. The van der Waals surface area contributed by atoms with Crippen LogP contribution in [0.5, 0.6) is 0 Å². The monoisotopic (exact) mass is 342 g/mol. The van der Waals surface area contributed by atoms with Crippen molar-refractivity contribution in [2.45, 2.75) is 47.0 Å². The molecule has 4 heteroatoms. The van der Waals surface area contributed by atoms with Crippen LogP contribution in [-0.2, 0) is 16.0 Å². The molecule has 0 bridgehead atoms. The number of carbonyl (C=O) groups is 2. The molecular weight excluding hydrogens is 316 g/mol. The Morgan fingerprint density at radius 2 is 1.40 bits per heavy atom. The quantitative estimate of drug-likeness (QED) is 0.699. The lowest BCUT2D eigenvalue weighted by atomic mass is 9.98. The van der Waals surface area contributed by atoms with E-state index in [4.69, 9.17) is 10.2 Å². The SMILES string of the molecule is CCC(=O)O.CCC(=O)O.Cc1ccc2c(c1C)Cc1ccccc1-2. The molecule has 1 aliphatic rings. The standard InChI is InChI=1S/C15H14.2C3H6O2/c1-10-7-8-14-13-6-4-3-5-12(13)9-15(14)11(10)2;2*1-2-3(4)5/h3-8H,9H2,1-2H3;2*2H2,1H3,(H,4,5). The molecule has 4 nitrogen and oxygen atoms in total. The molecule has 0 heterocycles. The van der Waals surface area contributed by atoms with Gasteiger partial charge in [0.2, 0.25) is 0 Å². The summed E-state index contributed by atoms with van der Waals surface area (Å²) < 4.78 is 0. The van der Waals surface area contributed by atoms with E-state index in [0.29, 0.717) is 0 Å². The second kappa shape index (κ2) is 9.62. The highest BCUT2D eigenvalue weighted by Crippen LogP contribution is 2.38. The molecule has 2 N–H and O–H groups in total. The van der Waals surface area contributed by atoms with Crippen molar-refractivity contribution in [3.63, 3.8) is 0 Å². The van der Waals surface area contributed by atoms with Crippen molar-refractivity contribution in [1.82, 2.24) is 0 Å². The molecule has 0 amide bonds. The van der Waals surface area contributed by atoms with Crippen molar-refractivity contribution in [2.75, 3.05) is 0 Å². The Morgan fingerprint density at radius 3 is 1.92 bits per heavy atom. The first kappa shape index (κ1) is 20.4. The van der Waals surface area contributed by atoms with Gasteiger partial charge in [0.25, 0.3) is 0 Å². The number of hydrogen-bond acceptors (Lipinski definition) is 2. The smallest absolute Gasteiger partial charge is 0.303 e. The zero-order valence-electron chi connectivity index (χ0n) is 15.3. The summed E-state index contributed by atoms with van der Waals surface area (Å²) in [5, 5.41) is 15.4. The Hall–Kier alpha value is -2.62. The molecule has 0 aliphatic heterocycles. The van der Waals surface area contributed by atoms with Gasteiger partial charge in [0.1, 0.15) is 0 Å². The number of aryl methyl sites for hydroxylation is 1. The van der Waals surface area contributed by atoms with Crippen molar-refractivity contribution in [3.8, 4) is 11.1 Å². The van der Waals surface area contributed by atoms with Gasteiger partial charge in [0.05, 0.1) is 0 Å². The number of carboxylic acids is 2. The molecule has 134 valence electrons. The van der Waals surface area contributed by atoms with Gasteiger partial charge in [0, 0.05) is 12.8 Å². The second-order valence-electron chi connectivity index (χ2n) is 5.86. The zero-order valence-corrected chi connectivity index (χ0v) is 15.3. The third-order valence-corrected chi connectivity index (χ3v) is 4.15. The maximum absolute atomic E-state index is 9.37. The van der Waals surface area contributed by atoms with E-state index in [0.717, 1.165) is 6.42 Å². The van der Waals surface area contributed by atoms with Gasteiger partial charge in [-0.3, -0.25) is 9.59 Å². The number of rotatable bonds is 2. The van der Waals surface area contributed by atoms with Crippen LogP contribution in [0.2, 0.25) is 0 Å². The summed E-state index contributed by atoms with van der Waals surface area (Å²) in [5.74, 6) is -1.49. The summed E-state index contributed by atoms with van der Waals surface area (Å²) in [6, 6.07) is 13.2. The maximum Gasteiger partial charge on any atom is 0.303 e. The Kier molecular flexibility index (Phi) is 7.86. The molecule has 1 aliphatic carbocycles. The van der Waals surface area contributed by atoms with Crippen molar-refractivity contribution in [3.05, 3.63) is 58.7 Å². The fraction of sp³-hybridized carbons (Fsp3) is 0.333. The van der Waals surface area contributed by atoms with Crippen molar-refractivity contribution in [2.24, 2.45) is 0 Å². The molecule has 3 rings (SSSR count). The zero-order chi connectivity index (χ0) is 19.0. The molecule has 0 saturated carbocycles. The molecule has 0 aromatic heterocycles. The number of benzene rings is 2. The van der Waals surface area contributed by atoms with Gasteiger partial charge in [-0.1, -0.05) is 50.2 Å². The maximum atomic E-state index is 9.37. The summed E-state index contributed by atoms with van der Waals surface area (Å²) in [5.41, 5.74) is 8.73. The molecule has 0 atom stereocenters. The van der Waals surface area contributed by atoms with E-state index in [-0.39, 0.29) is 12.8 Å². The van der Waals surface area contributed by atoms with E-state index in [1.54, 1.807) is 13.8 Å². The Bertz CT molecular complexity index is 734. The van der Waals surface area contributed by atoms with Gasteiger partial charge < -0.3 is 10.2 Å². The van der Waals surface area contributed by atoms with Gasteiger partial charge in [-0.25, -0.2) is 0 Å². The summed E-state index contributed by atoms with van der Waals surface area (Å²) >= 11 is 0. The van der Waals surface area contributed by atoms with E-state index >= 15 is 0 Å². The first-order valence-electron chi connectivity index (χ1n) is 8.42. The minimum absolute atomic E-state index is 0.222. The van der Waals surface area contributed by atoms with E-state index in [1.165, 1.54) is 33.4 Å². The highest BCUT2D eigenvalue weighted by molar-refractivity contribution is 5.78. The fourth-order valence-corrected chi connectivity index (χ4v) is 2.48. The van der Waals surface area contributed by atoms with E-state index < -0.39 is 11.9 Å². The first-order chi connectivity index (χ1) is 11.8. The Morgan fingerprint density at radius 1 is 0.880 bits per heavy atom. The predicted octanol–water partition coefficient (Wildman–Crippen LogP) is 4.84. The van der Waals surface area contributed by atoms with E-state index in [2.05, 4.69) is 50.2 Å². The van der Waals surface area contributed by atoms with Gasteiger partial charge in [-0.2, -0.15) is 0 Å². The predicted molar refractivity (Wildman–Crippen MR) is 100 cm³/mol. The average molecular weight is 342 g/mol. The van der Waals surface area contributed by atoms with Crippen LogP contribution in [0.4, 0.5) is 0 Å². The summed E-state index contributed by atoms with van der Waals surface area (Å²) in [6.45, 7) is 7.63. The van der Waals surface area contributed by atoms with Crippen molar-refractivity contribution >= 4 is 11.9 Å². The lowest BCUT2D eigenvalue weighted by molar-refractivity contribution is -0.137. The van der Waals surface area contributed by atoms with E-state index in [9.17, 15) is 9.59 Å². The van der Waals surface area contributed by atoms with Crippen LogP contribution in [0.25, 0.3) is 11.1 Å². The molecule has 0 radical (unpaired) electrons. The highest BCUT2D eigenvalue weighted by atomic mass is 16.4. The first-order valence-corrected chi connectivity index (χ1v) is 8.42. The van der Waals surface area contributed by atoms with E-state index in [1.807, 2.05) is 0 Å². The minimum Gasteiger partial charge on any atom is -0.481 e. The molecule has 0 saturated heterocycles. The highest BCUT2D eigenvalue weighted by Gasteiger charge is 2.19. The van der Waals surface area contributed by atoms with Crippen LogP contribution < -0.4 is 0 Å². The molecule has 0 fully saturated rings. The van der Waals surface area contributed by atoms with Gasteiger partial charge in [-0.15, -0.1) is 0 Å². The third-order valence-electron chi connectivity index (χ3n) is 4.15. The number of aliphatic carboxylic acids is 2. The number of carboxylic acid groups (broad SMARTS) is 2. The lowest BCUT2D eigenvalue weighted by Gasteiger charge is -2.06. The largest absolute Gasteiger partial charge is 0.481 e. The topological polar surface area (TPSA) is 74.6 Å². The normalized spacial score (nSPS) is 10.4. The summed E-state index contributed by atoms with van der Waals surface area (Å²) in [7, 11) is 0. The summed E-state index contributed by atoms with van der Waals surface area (Å²) in [6.07, 6.45) is 1.55. The average Bonchev–Trinajstić information content (AvgIpc) is 2.98. The van der Waals surface area contributed by atoms with Crippen molar-refractivity contribution in [1.29, 1.82) is 0 Å². The lowest BCUT2D eigenvalue weighted by Crippen LogP contribution is -1.89. The van der Waals surface area contributed by atoms with Gasteiger partial charge in [-0.05, 0) is 53.6 Å². The molecule has 2 aromatic carbocycles. The number of fused-ring (bicyclic) bond motifs is 3. The molecule has 0 unspecified atom stereocenters.